The van der Waals surface area contributed by atoms with Gasteiger partial charge >= 0.3 is 5.63 Å². The molecule has 1 saturated carbocycles. The molecule has 4 nitrogen and oxygen atoms in total. The Labute approximate surface area is 159 Å². The molecule has 2 aliphatic carbocycles. The molecular weight excluding hydrogens is 340 g/mol. The van der Waals surface area contributed by atoms with Crippen LogP contribution in [-0.4, -0.2) is 10.9 Å². The summed E-state index contributed by atoms with van der Waals surface area (Å²) >= 11 is 0. The normalized spacial score (nSPS) is 20.8. The van der Waals surface area contributed by atoms with Crippen LogP contribution in [0.2, 0.25) is 0 Å². The monoisotopic (exact) mass is 366 g/mol. The number of aromatic hydroxyl groups is 1. The maximum absolute atomic E-state index is 13.0. The van der Waals surface area contributed by atoms with Crippen molar-refractivity contribution in [1.82, 2.24) is 0 Å². The van der Waals surface area contributed by atoms with Crippen LogP contribution in [0.4, 0.5) is 0 Å². The quantitative estimate of drug-likeness (QED) is 0.744. The van der Waals surface area contributed by atoms with Crippen LogP contribution in [-0.2, 0) is 0 Å². The lowest BCUT2D eigenvalue weighted by atomic mass is 9.85. The Morgan fingerprint density at radius 2 is 1.89 bits per heavy atom. The van der Waals surface area contributed by atoms with Gasteiger partial charge in [-0.1, -0.05) is 43.7 Å². The van der Waals surface area contributed by atoms with Gasteiger partial charge in [-0.05, 0) is 43.6 Å². The molecule has 0 spiro atoms. The fraction of sp³-hybridized carbons (Fsp3) is 0.478. The van der Waals surface area contributed by atoms with E-state index in [-0.39, 0.29) is 34.5 Å². The van der Waals surface area contributed by atoms with E-state index < -0.39 is 5.63 Å². The number of fused-ring (bicyclic) bond motifs is 1. The first-order valence-electron chi connectivity index (χ1n) is 10.1. The Morgan fingerprint density at radius 1 is 1.15 bits per heavy atom. The van der Waals surface area contributed by atoms with Crippen molar-refractivity contribution in [3.8, 4) is 5.75 Å². The molecule has 0 saturated heterocycles. The molecule has 1 heterocycles. The van der Waals surface area contributed by atoms with Gasteiger partial charge in [-0.2, -0.15) is 0 Å². The second-order valence-corrected chi connectivity index (χ2v) is 7.92. The highest BCUT2D eigenvalue weighted by Gasteiger charge is 2.40. The van der Waals surface area contributed by atoms with Crippen LogP contribution in [0.5, 0.6) is 5.75 Å². The summed E-state index contributed by atoms with van der Waals surface area (Å²) in [5.41, 5.74) is 1.05. The minimum atomic E-state index is -0.484. The van der Waals surface area contributed by atoms with Crippen molar-refractivity contribution in [3.63, 3.8) is 0 Å². The third kappa shape index (κ3) is 3.33. The van der Waals surface area contributed by atoms with Crippen molar-refractivity contribution in [2.24, 2.45) is 5.92 Å². The van der Waals surface area contributed by atoms with E-state index in [1.165, 1.54) is 0 Å². The molecule has 142 valence electrons. The molecule has 1 fully saturated rings. The number of hydrogen-bond acceptors (Lipinski definition) is 4. The Morgan fingerprint density at radius 3 is 2.56 bits per heavy atom. The molecule has 1 aromatic carbocycles. The summed E-state index contributed by atoms with van der Waals surface area (Å²) in [5, 5.41) is 11.1. The minimum absolute atomic E-state index is 0.0280. The third-order valence-corrected chi connectivity index (χ3v) is 5.97. The molecule has 1 N–H and O–H groups in total. The summed E-state index contributed by atoms with van der Waals surface area (Å²) in [7, 11) is 0. The van der Waals surface area contributed by atoms with E-state index in [0.29, 0.717) is 18.1 Å². The zero-order chi connectivity index (χ0) is 19.0. The number of benzene rings is 1. The van der Waals surface area contributed by atoms with E-state index in [9.17, 15) is 14.7 Å². The topological polar surface area (TPSA) is 67.5 Å². The van der Waals surface area contributed by atoms with E-state index >= 15 is 0 Å². The van der Waals surface area contributed by atoms with E-state index in [1.54, 1.807) is 0 Å². The lowest BCUT2D eigenvalue weighted by Crippen LogP contribution is -2.20. The van der Waals surface area contributed by atoms with Crippen molar-refractivity contribution < 1.29 is 14.3 Å². The summed E-state index contributed by atoms with van der Waals surface area (Å²) in [5.74, 6) is 0.303. The van der Waals surface area contributed by atoms with E-state index in [0.717, 1.165) is 44.1 Å². The van der Waals surface area contributed by atoms with Crippen molar-refractivity contribution in [2.75, 3.05) is 0 Å². The van der Waals surface area contributed by atoms with E-state index in [1.807, 2.05) is 30.3 Å². The highest BCUT2D eigenvalue weighted by atomic mass is 16.4. The molecule has 0 amide bonds. The van der Waals surface area contributed by atoms with Gasteiger partial charge in [-0.3, -0.25) is 4.79 Å². The molecule has 0 bridgehead atoms. The van der Waals surface area contributed by atoms with Gasteiger partial charge < -0.3 is 9.52 Å². The van der Waals surface area contributed by atoms with Crippen LogP contribution in [0.15, 0.2) is 39.5 Å². The zero-order valence-corrected chi connectivity index (χ0v) is 15.7. The van der Waals surface area contributed by atoms with Crippen LogP contribution in [0.1, 0.15) is 91.0 Å². The molecule has 2 aliphatic rings. The zero-order valence-electron chi connectivity index (χ0n) is 15.7. The molecule has 4 heteroatoms. The summed E-state index contributed by atoms with van der Waals surface area (Å²) in [6.07, 6.45) is 5.81. The van der Waals surface area contributed by atoms with Gasteiger partial charge in [0.05, 0.1) is 11.1 Å². The first kappa shape index (κ1) is 18.0. The molecule has 2 atom stereocenters. The number of carbonyl (C=O) groups is 1. The summed E-state index contributed by atoms with van der Waals surface area (Å²) in [6, 6.07) is 9.78. The van der Waals surface area contributed by atoms with Crippen LogP contribution < -0.4 is 5.63 Å². The first-order chi connectivity index (χ1) is 13.1. The molecule has 0 aliphatic heterocycles. The summed E-state index contributed by atoms with van der Waals surface area (Å²) < 4.78 is 5.77. The number of carbonyl (C=O) groups excluding carboxylic acids is 1. The van der Waals surface area contributed by atoms with Crippen LogP contribution >= 0.6 is 0 Å². The van der Waals surface area contributed by atoms with E-state index in [2.05, 4.69) is 6.92 Å². The number of Topliss-reactive ketones (excluding diaryl/α,β-unsaturated/α-hetero) is 1. The average molecular weight is 366 g/mol. The molecule has 0 radical (unpaired) electrons. The lowest BCUT2D eigenvalue weighted by Gasteiger charge is -2.21. The second-order valence-electron chi connectivity index (χ2n) is 7.92. The van der Waals surface area contributed by atoms with Crippen LogP contribution in [0.3, 0.4) is 0 Å². The van der Waals surface area contributed by atoms with Crippen molar-refractivity contribution in [1.29, 1.82) is 0 Å². The number of hydrogen-bond donors (Lipinski definition) is 1. The largest absolute Gasteiger partial charge is 0.506 e. The Hall–Kier alpha value is -2.36. The highest BCUT2D eigenvalue weighted by Crippen LogP contribution is 2.49. The fourth-order valence-electron chi connectivity index (χ4n) is 4.54. The molecule has 2 unspecified atom stereocenters. The van der Waals surface area contributed by atoms with E-state index in [4.69, 9.17) is 4.42 Å². The lowest BCUT2D eigenvalue weighted by molar-refractivity contribution is 0.0977. The van der Waals surface area contributed by atoms with Crippen LogP contribution in [0.25, 0.3) is 0 Å². The first-order valence-corrected chi connectivity index (χ1v) is 10.1. The minimum Gasteiger partial charge on any atom is -0.506 e. The van der Waals surface area contributed by atoms with Gasteiger partial charge in [0.1, 0.15) is 11.5 Å². The summed E-state index contributed by atoms with van der Waals surface area (Å²) in [4.78, 5) is 25.8. The Kier molecular flexibility index (Phi) is 4.90. The van der Waals surface area contributed by atoms with Gasteiger partial charge in [0, 0.05) is 18.3 Å². The molecule has 27 heavy (non-hydrogen) atoms. The van der Waals surface area contributed by atoms with Gasteiger partial charge in [-0.25, -0.2) is 4.79 Å². The fourth-order valence-corrected chi connectivity index (χ4v) is 4.54. The standard InChI is InChI=1S/C23H26O4/c1-2-7-16-10-6-11-17(24)19-21(25)20(23(26)27-22(16)19)18(15-12-13-15)14-8-4-3-5-9-14/h3-5,8-9,15-16,18,25H,2,6-7,10-13H2,1H3. The Bertz CT molecular complexity index is 893. The SMILES string of the molecule is CCCC1CCCC(=O)c2c1oc(=O)c(C(c1ccccc1)C1CC1)c2O. The van der Waals surface area contributed by atoms with Gasteiger partial charge in [-0.15, -0.1) is 0 Å². The smallest absolute Gasteiger partial charge is 0.343 e. The Balaban J connectivity index is 1.90. The predicted octanol–water partition coefficient (Wildman–Crippen LogP) is 5.14. The second kappa shape index (κ2) is 7.34. The van der Waals surface area contributed by atoms with Gasteiger partial charge in [0.2, 0.25) is 0 Å². The highest BCUT2D eigenvalue weighted by molar-refractivity contribution is 6.00. The van der Waals surface area contributed by atoms with Crippen molar-refractivity contribution in [2.45, 2.75) is 63.7 Å². The van der Waals surface area contributed by atoms with Crippen LogP contribution in [0, 0.1) is 5.92 Å². The maximum atomic E-state index is 13.0. The number of rotatable bonds is 5. The third-order valence-electron chi connectivity index (χ3n) is 5.97. The molecule has 1 aromatic heterocycles. The van der Waals surface area contributed by atoms with Gasteiger partial charge in [0.25, 0.3) is 0 Å². The predicted molar refractivity (Wildman–Crippen MR) is 103 cm³/mol. The average Bonchev–Trinajstić information content (AvgIpc) is 3.49. The van der Waals surface area contributed by atoms with Crippen molar-refractivity contribution >= 4 is 5.78 Å². The van der Waals surface area contributed by atoms with Crippen molar-refractivity contribution in [3.05, 3.63) is 63.2 Å². The summed E-state index contributed by atoms with van der Waals surface area (Å²) in [6.45, 7) is 2.08. The van der Waals surface area contributed by atoms with Gasteiger partial charge in [0.15, 0.2) is 5.78 Å². The molecule has 2 aromatic rings. The molecule has 4 rings (SSSR count). The molecular formula is C23H26O4. The number of ketones is 1. The maximum Gasteiger partial charge on any atom is 0.343 e.